The fourth-order valence-corrected chi connectivity index (χ4v) is 2.94. The predicted octanol–water partition coefficient (Wildman–Crippen LogP) is 2.42. The molecule has 2 aromatic rings. The molecule has 0 N–H and O–H groups in total. The summed E-state index contributed by atoms with van der Waals surface area (Å²) in [6, 6.07) is 7.69. The van der Waals surface area contributed by atoms with Gasteiger partial charge in [0.15, 0.2) is 5.69 Å². The van der Waals surface area contributed by atoms with E-state index in [0.717, 1.165) is 11.3 Å². The van der Waals surface area contributed by atoms with Crippen molar-refractivity contribution in [3.05, 3.63) is 41.7 Å². The standard InChI is InChI=1S/C20H27BN2O5/c1-7-26-18(24)17-16(21-27-19(2,3)20(4,5)28-21)13-23(22-17)12-14-8-10-15(25-6)11-9-14/h8-11,13H,7,12H2,1-6H3. The molecule has 1 aliphatic heterocycles. The highest BCUT2D eigenvalue weighted by Crippen LogP contribution is 2.36. The van der Waals surface area contributed by atoms with Gasteiger partial charge in [-0.05, 0) is 52.3 Å². The molecule has 1 aromatic carbocycles. The molecule has 7 nitrogen and oxygen atoms in total. The lowest BCUT2D eigenvalue weighted by Crippen LogP contribution is -2.41. The second kappa shape index (κ2) is 7.60. The van der Waals surface area contributed by atoms with E-state index in [-0.39, 0.29) is 12.3 Å². The van der Waals surface area contributed by atoms with E-state index in [2.05, 4.69) is 5.10 Å². The Hall–Kier alpha value is -2.32. The van der Waals surface area contributed by atoms with Crippen LogP contribution in [0.4, 0.5) is 0 Å². The van der Waals surface area contributed by atoms with Gasteiger partial charge in [0.1, 0.15) is 5.75 Å². The van der Waals surface area contributed by atoms with Crippen molar-refractivity contribution < 1.29 is 23.6 Å². The molecule has 0 bridgehead atoms. The zero-order valence-electron chi connectivity index (χ0n) is 17.3. The largest absolute Gasteiger partial charge is 0.498 e. The molecule has 0 radical (unpaired) electrons. The fourth-order valence-electron chi connectivity index (χ4n) is 2.94. The fraction of sp³-hybridized carbons (Fsp3) is 0.500. The zero-order chi connectivity index (χ0) is 20.5. The van der Waals surface area contributed by atoms with Crippen LogP contribution in [0.15, 0.2) is 30.5 Å². The second-order valence-corrected chi connectivity index (χ2v) is 7.79. The summed E-state index contributed by atoms with van der Waals surface area (Å²) < 4.78 is 24.3. The Kier molecular flexibility index (Phi) is 5.54. The summed E-state index contributed by atoms with van der Waals surface area (Å²) in [5, 5.41) is 4.46. The van der Waals surface area contributed by atoms with Crippen molar-refractivity contribution in [2.45, 2.75) is 52.4 Å². The van der Waals surface area contributed by atoms with Crippen LogP contribution >= 0.6 is 0 Å². The van der Waals surface area contributed by atoms with Crippen molar-refractivity contribution >= 4 is 18.6 Å². The minimum Gasteiger partial charge on any atom is -0.497 e. The maximum absolute atomic E-state index is 12.5. The molecule has 0 amide bonds. The number of esters is 1. The minimum absolute atomic E-state index is 0.217. The van der Waals surface area contributed by atoms with Crippen LogP contribution in [0.25, 0.3) is 0 Å². The average Bonchev–Trinajstić information content (AvgIpc) is 3.14. The minimum atomic E-state index is -0.686. The van der Waals surface area contributed by atoms with E-state index >= 15 is 0 Å². The molecule has 1 fully saturated rings. The SMILES string of the molecule is CCOC(=O)c1nn(Cc2ccc(OC)cc2)cc1B1OC(C)(C)C(C)(C)O1. The average molecular weight is 386 g/mol. The van der Waals surface area contributed by atoms with Crippen molar-refractivity contribution in [1.29, 1.82) is 0 Å². The van der Waals surface area contributed by atoms with Crippen molar-refractivity contribution in [1.82, 2.24) is 9.78 Å². The first-order valence-corrected chi connectivity index (χ1v) is 9.40. The highest BCUT2D eigenvalue weighted by molar-refractivity contribution is 6.63. The molecule has 150 valence electrons. The number of rotatable bonds is 6. The van der Waals surface area contributed by atoms with Crippen LogP contribution in [0.1, 0.15) is 50.7 Å². The van der Waals surface area contributed by atoms with Gasteiger partial charge in [0.25, 0.3) is 0 Å². The van der Waals surface area contributed by atoms with Gasteiger partial charge in [-0.3, -0.25) is 4.68 Å². The lowest BCUT2D eigenvalue weighted by atomic mass is 9.79. The van der Waals surface area contributed by atoms with Crippen LogP contribution in [0.2, 0.25) is 0 Å². The summed E-state index contributed by atoms with van der Waals surface area (Å²) in [7, 11) is 0.944. The molecule has 2 heterocycles. The molecule has 1 aliphatic rings. The quantitative estimate of drug-likeness (QED) is 0.561. The highest BCUT2D eigenvalue weighted by atomic mass is 16.7. The van der Waals surface area contributed by atoms with Crippen molar-refractivity contribution in [3.63, 3.8) is 0 Å². The zero-order valence-corrected chi connectivity index (χ0v) is 17.3. The topological polar surface area (TPSA) is 71.8 Å². The number of methoxy groups -OCH3 is 1. The Morgan fingerprint density at radius 2 is 1.75 bits per heavy atom. The van der Waals surface area contributed by atoms with Crippen LogP contribution < -0.4 is 10.2 Å². The van der Waals surface area contributed by atoms with Gasteiger partial charge in [0, 0.05) is 11.7 Å². The number of aromatic nitrogens is 2. The monoisotopic (exact) mass is 386 g/mol. The van der Waals surface area contributed by atoms with E-state index in [1.54, 1.807) is 24.9 Å². The molecule has 28 heavy (non-hydrogen) atoms. The van der Waals surface area contributed by atoms with Crippen LogP contribution in [0, 0.1) is 0 Å². The van der Waals surface area contributed by atoms with Crippen LogP contribution in [0.5, 0.6) is 5.75 Å². The summed E-state index contributed by atoms with van der Waals surface area (Å²) in [5.74, 6) is 0.301. The summed E-state index contributed by atoms with van der Waals surface area (Å²) in [6.07, 6.45) is 1.79. The van der Waals surface area contributed by atoms with E-state index in [9.17, 15) is 4.79 Å². The third kappa shape index (κ3) is 3.93. The normalized spacial score (nSPS) is 17.6. The molecular weight excluding hydrogens is 359 g/mol. The van der Waals surface area contributed by atoms with Crippen LogP contribution in [-0.4, -0.2) is 47.8 Å². The molecule has 1 saturated heterocycles. The lowest BCUT2D eigenvalue weighted by Gasteiger charge is -2.32. The Balaban J connectivity index is 1.91. The number of hydrogen-bond acceptors (Lipinski definition) is 6. The van der Waals surface area contributed by atoms with E-state index in [0.29, 0.717) is 12.0 Å². The first kappa shape index (κ1) is 20.4. The summed E-state index contributed by atoms with van der Waals surface area (Å²) in [4.78, 5) is 12.5. The maximum atomic E-state index is 12.5. The van der Waals surface area contributed by atoms with Gasteiger partial charge in [0.2, 0.25) is 0 Å². The van der Waals surface area contributed by atoms with Crippen LogP contribution in [0.3, 0.4) is 0 Å². The highest BCUT2D eigenvalue weighted by Gasteiger charge is 2.53. The summed E-state index contributed by atoms with van der Waals surface area (Å²) in [5.41, 5.74) is 0.794. The lowest BCUT2D eigenvalue weighted by molar-refractivity contribution is 0.00578. The van der Waals surface area contributed by atoms with Gasteiger partial charge < -0.3 is 18.8 Å². The Morgan fingerprint density at radius 3 is 2.29 bits per heavy atom. The van der Waals surface area contributed by atoms with E-state index in [1.165, 1.54) is 0 Å². The third-order valence-electron chi connectivity index (χ3n) is 5.27. The number of nitrogens with zero attached hydrogens (tertiary/aromatic N) is 2. The summed E-state index contributed by atoms with van der Waals surface area (Å²) in [6.45, 7) is 10.4. The maximum Gasteiger partial charge on any atom is 0.498 e. The van der Waals surface area contributed by atoms with Crippen LogP contribution in [-0.2, 0) is 20.6 Å². The first-order valence-electron chi connectivity index (χ1n) is 9.40. The number of hydrogen-bond donors (Lipinski definition) is 0. The first-order chi connectivity index (χ1) is 13.2. The molecule has 3 rings (SSSR count). The molecule has 0 atom stereocenters. The summed E-state index contributed by atoms with van der Waals surface area (Å²) >= 11 is 0. The van der Waals surface area contributed by atoms with Gasteiger partial charge in [-0.2, -0.15) is 5.10 Å². The van der Waals surface area contributed by atoms with Crippen molar-refractivity contribution in [3.8, 4) is 5.75 Å². The van der Waals surface area contributed by atoms with E-state index in [4.69, 9.17) is 18.8 Å². The molecule has 0 unspecified atom stereocenters. The van der Waals surface area contributed by atoms with Crippen molar-refractivity contribution in [2.75, 3.05) is 13.7 Å². The smallest absolute Gasteiger partial charge is 0.497 e. The molecule has 1 aromatic heterocycles. The molecule has 0 saturated carbocycles. The van der Waals surface area contributed by atoms with Gasteiger partial charge in [-0.15, -0.1) is 0 Å². The van der Waals surface area contributed by atoms with Gasteiger partial charge in [-0.25, -0.2) is 4.79 Å². The molecule has 0 aliphatic carbocycles. The second-order valence-electron chi connectivity index (χ2n) is 7.79. The van der Waals surface area contributed by atoms with Gasteiger partial charge in [0.05, 0.1) is 31.5 Å². The van der Waals surface area contributed by atoms with Crippen molar-refractivity contribution in [2.24, 2.45) is 0 Å². The number of benzene rings is 1. The molecular formula is C20H27BN2O5. The van der Waals surface area contributed by atoms with E-state index < -0.39 is 24.3 Å². The molecule has 0 spiro atoms. The van der Waals surface area contributed by atoms with Gasteiger partial charge >= 0.3 is 13.1 Å². The number of carbonyl (C=O) groups is 1. The Bertz CT molecular complexity index is 829. The molecule has 8 heteroatoms. The Labute approximate surface area is 166 Å². The number of carbonyl (C=O) groups excluding carboxylic acids is 1. The Morgan fingerprint density at radius 1 is 1.14 bits per heavy atom. The number of ether oxygens (including phenoxy) is 2. The van der Waals surface area contributed by atoms with Gasteiger partial charge in [-0.1, -0.05) is 12.1 Å². The van der Waals surface area contributed by atoms with E-state index in [1.807, 2.05) is 52.0 Å². The predicted molar refractivity (Wildman–Crippen MR) is 106 cm³/mol. The third-order valence-corrected chi connectivity index (χ3v) is 5.27.